The number of carbonyl (C=O) groups is 1. The van der Waals surface area contributed by atoms with Crippen LogP contribution in [-0.2, 0) is 0 Å². The van der Waals surface area contributed by atoms with Crippen LogP contribution in [0.15, 0.2) is 34.9 Å². The number of methoxy groups -OCH3 is 2. The molecule has 6 heteroatoms. The van der Waals surface area contributed by atoms with E-state index in [2.05, 4.69) is 0 Å². The van der Waals surface area contributed by atoms with Gasteiger partial charge in [-0.2, -0.15) is 0 Å². The van der Waals surface area contributed by atoms with Gasteiger partial charge in [-0.3, -0.25) is 0 Å². The Morgan fingerprint density at radius 2 is 1.90 bits per heavy atom. The molecule has 0 amide bonds. The Labute approximate surface area is 115 Å². The molecule has 0 saturated carbocycles. The first-order valence-electron chi connectivity index (χ1n) is 5.79. The minimum Gasteiger partial charge on any atom is -0.493 e. The van der Waals surface area contributed by atoms with Gasteiger partial charge in [0.15, 0.2) is 17.3 Å². The first kappa shape index (κ1) is 14.0. The van der Waals surface area contributed by atoms with Gasteiger partial charge in [-0.1, -0.05) is 6.07 Å². The van der Waals surface area contributed by atoms with Gasteiger partial charge in [0.1, 0.15) is 11.7 Å². The Balaban J connectivity index is 2.40. The van der Waals surface area contributed by atoms with Crippen LogP contribution in [0.1, 0.15) is 27.8 Å². The molecule has 0 saturated heterocycles. The van der Waals surface area contributed by atoms with Gasteiger partial charge < -0.3 is 24.1 Å². The van der Waals surface area contributed by atoms with Crippen LogP contribution in [0.2, 0.25) is 0 Å². The van der Waals surface area contributed by atoms with Crippen LogP contribution in [0.4, 0.5) is 0 Å². The molecule has 20 heavy (non-hydrogen) atoms. The highest BCUT2D eigenvalue weighted by atomic mass is 16.5. The third kappa shape index (κ3) is 2.46. The molecular weight excluding hydrogens is 264 g/mol. The van der Waals surface area contributed by atoms with Gasteiger partial charge in [0.2, 0.25) is 0 Å². The SMILES string of the molecule is COc1ccc(C(O)c2occc2C(=O)O)cc1OC. The average Bonchev–Trinajstić information content (AvgIpc) is 2.95. The summed E-state index contributed by atoms with van der Waals surface area (Å²) in [5.41, 5.74) is 0.368. The number of hydrogen-bond donors (Lipinski definition) is 2. The molecule has 0 bridgehead atoms. The Morgan fingerprint density at radius 1 is 1.20 bits per heavy atom. The maximum atomic E-state index is 11.0. The van der Waals surface area contributed by atoms with Crippen molar-refractivity contribution in [1.29, 1.82) is 0 Å². The number of carboxylic acids is 1. The molecule has 0 aliphatic rings. The molecule has 6 nitrogen and oxygen atoms in total. The first-order chi connectivity index (χ1) is 9.58. The van der Waals surface area contributed by atoms with Crippen molar-refractivity contribution in [2.45, 2.75) is 6.10 Å². The lowest BCUT2D eigenvalue weighted by Crippen LogP contribution is -2.06. The summed E-state index contributed by atoms with van der Waals surface area (Å²) in [6.45, 7) is 0. The van der Waals surface area contributed by atoms with E-state index in [9.17, 15) is 9.90 Å². The second-order valence-corrected chi connectivity index (χ2v) is 4.02. The van der Waals surface area contributed by atoms with E-state index >= 15 is 0 Å². The van der Waals surface area contributed by atoms with E-state index < -0.39 is 12.1 Å². The van der Waals surface area contributed by atoms with Gasteiger partial charge in [0.25, 0.3) is 0 Å². The van der Waals surface area contributed by atoms with E-state index in [0.717, 1.165) is 0 Å². The van der Waals surface area contributed by atoms with E-state index in [1.165, 1.54) is 26.5 Å². The van der Waals surface area contributed by atoms with E-state index in [-0.39, 0.29) is 11.3 Å². The summed E-state index contributed by atoms with van der Waals surface area (Å²) in [6.07, 6.45) is 0.0267. The highest BCUT2D eigenvalue weighted by Gasteiger charge is 2.23. The average molecular weight is 278 g/mol. The molecule has 0 fully saturated rings. The number of benzene rings is 1. The molecule has 1 aromatic carbocycles. The first-order valence-corrected chi connectivity index (χ1v) is 5.79. The quantitative estimate of drug-likeness (QED) is 0.870. The van der Waals surface area contributed by atoms with Crippen LogP contribution in [-0.4, -0.2) is 30.4 Å². The molecule has 1 heterocycles. The molecule has 1 aromatic heterocycles. The lowest BCUT2D eigenvalue weighted by Gasteiger charge is -2.13. The van der Waals surface area contributed by atoms with Gasteiger partial charge in [-0.05, 0) is 23.8 Å². The molecule has 2 rings (SSSR count). The third-order valence-corrected chi connectivity index (χ3v) is 2.90. The molecule has 0 radical (unpaired) electrons. The summed E-state index contributed by atoms with van der Waals surface area (Å²) in [6, 6.07) is 6.10. The molecule has 0 spiro atoms. The zero-order valence-corrected chi connectivity index (χ0v) is 11.0. The fraction of sp³-hybridized carbons (Fsp3) is 0.214. The van der Waals surface area contributed by atoms with Crippen molar-refractivity contribution in [1.82, 2.24) is 0 Å². The Hall–Kier alpha value is -2.47. The normalized spacial score (nSPS) is 11.9. The summed E-state index contributed by atoms with van der Waals surface area (Å²) >= 11 is 0. The van der Waals surface area contributed by atoms with Gasteiger partial charge in [0.05, 0.1) is 20.5 Å². The van der Waals surface area contributed by atoms with Gasteiger partial charge >= 0.3 is 5.97 Å². The smallest absolute Gasteiger partial charge is 0.339 e. The minimum atomic E-state index is -1.20. The van der Waals surface area contributed by atoms with Crippen molar-refractivity contribution >= 4 is 5.97 Å². The molecule has 2 aromatic rings. The molecule has 2 N–H and O–H groups in total. The van der Waals surface area contributed by atoms with Crippen molar-refractivity contribution in [3.05, 3.63) is 47.4 Å². The number of hydrogen-bond acceptors (Lipinski definition) is 5. The zero-order chi connectivity index (χ0) is 14.7. The Morgan fingerprint density at radius 3 is 2.50 bits per heavy atom. The second kappa shape index (κ2) is 5.66. The lowest BCUT2D eigenvalue weighted by atomic mass is 10.0. The maximum absolute atomic E-state index is 11.0. The zero-order valence-electron chi connectivity index (χ0n) is 11.0. The van der Waals surface area contributed by atoms with Crippen LogP contribution < -0.4 is 9.47 Å². The summed E-state index contributed by atoms with van der Waals surface area (Å²) in [7, 11) is 2.98. The number of rotatable bonds is 5. The van der Waals surface area contributed by atoms with Crippen LogP contribution in [0, 0.1) is 0 Å². The van der Waals surface area contributed by atoms with Crippen LogP contribution in [0.5, 0.6) is 11.5 Å². The van der Waals surface area contributed by atoms with E-state index in [1.54, 1.807) is 18.2 Å². The molecule has 1 unspecified atom stereocenters. The lowest BCUT2D eigenvalue weighted by molar-refractivity contribution is 0.0687. The summed E-state index contributed by atoms with van der Waals surface area (Å²) in [5.74, 6) is -0.230. The molecule has 0 aliphatic carbocycles. The number of ether oxygens (including phenoxy) is 2. The van der Waals surface area contributed by atoms with E-state index in [4.69, 9.17) is 19.0 Å². The van der Waals surface area contributed by atoms with Crippen LogP contribution >= 0.6 is 0 Å². The van der Waals surface area contributed by atoms with Crippen molar-refractivity contribution in [2.75, 3.05) is 14.2 Å². The molecular formula is C14H14O6. The van der Waals surface area contributed by atoms with E-state index in [1.807, 2.05) is 0 Å². The van der Waals surface area contributed by atoms with Crippen LogP contribution in [0.3, 0.4) is 0 Å². The van der Waals surface area contributed by atoms with Crippen molar-refractivity contribution in [2.24, 2.45) is 0 Å². The number of aromatic carboxylic acids is 1. The largest absolute Gasteiger partial charge is 0.493 e. The Kier molecular flexibility index (Phi) is 3.95. The predicted octanol–water partition coefficient (Wildman–Crippen LogP) is 2.08. The third-order valence-electron chi connectivity index (χ3n) is 2.90. The van der Waals surface area contributed by atoms with Crippen molar-refractivity contribution in [3.8, 4) is 11.5 Å². The number of aliphatic hydroxyl groups is 1. The fourth-order valence-electron chi connectivity index (χ4n) is 1.88. The van der Waals surface area contributed by atoms with Gasteiger partial charge in [-0.15, -0.1) is 0 Å². The van der Waals surface area contributed by atoms with Crippen molar-refractivity contribution < 1.29 is 28.9 Å². The van der Waals surface area contributed by atoms with Crippen molar-refractivity contribution in [3.63, 3.8) is 0 Å². The summed E-state index contributed by atoms with van der Waals surface area (Å²) in [4.78, 5) is 11.0. The highest BCUT2D eigenvalue weighted by molar-refractivity contribution is 5.88. The predicted molar refractivity (Wildman–Crippen MR) is 69.3 cm³/mol. The maximum Gasteiger partial charge on any atom is 0.339 e. The molecule has 1 atom stereocenters. The molecule has 0 aliphatic heterocycles. The number of furan rings is 1. The molecule has 106 valence electrons. The van der Waals surface area contributed by atoms with E-state index in [0.29, 0.717) is 17.1 Å². The minimum absolute atomic E-state index is 0.0234. The second-order valence-electron chi connectivity index (χ2n) is 4.02. The van der Waals surface area contributed by atoms with Crippen LogP contribution in [0.25, 0.3) is 0 Å². The monoisotopic (exact) mass is 278 g/mol. The number of carboxylic acid groups (broad SMARTS) is 1. The standard InChI is InChI=1S/C14H14O6/c1-18-10-4-3-8(7-11(10)19-2)12(15)13-9(14(16)17)5-6-20-13/h3-7,12,15H,1-2H3,(H,16,17). The summed E-state index contributed by atoms with van der Waals surface area (Å²) < 4.78 is 15.3. The van der Waals surface area contributed by atoms with Gasteiger partial charge in [-0.25, -0.2) is 4.79 Å². The highest BCUT2D eigenvalue weighted by Crippen LogP contribution is 2.33. The Bertz CT molecular complexity index is 616. The topological polar surface area (TPSA) is 89.1 Å². The summed E-state index contributed by atoms with van der Waals surface area (Å²) in [5, 5.41) is 19.3. The number of aliphatic hydroxyl groups excluding tert-OH is 1. The van der Waals surface area contributed by atoms with Gasteiger partial charge in [0, 0.05) is 0 Å². The fourth-order valence-corrected chi connectivity index (χ4v) is 1.88.